The SMILES string of the molecule is CC(C)n1ccc2c1=NCN(CC1(O)CCN(C(=O)[C@@H]3CCNC[C@H]3c3ccccc3)CC1)C=2. The summed E-state index contributed by atoms with van der Waals surface area (Å²) in [7, 11) is 0. The molecule has 182 valence electrons. The highest BCUT2D eigenvalue weighted by Gasteiger charge is 2.39. The lowest BCUT2D eigenvalue weighted by atomic mass is 9.80. The van der Waals surface area contributed by atoms with Gasteiger partial charge < -0.3 is 24.8 Å². The zero-order valence-corrected chi connectivity index (χ0v) is 20.4. The first-order valence-corrected chi connectivity index (χ1v) is 12.7. The maximum absolute atomic E-state index is 13.5. The van der Waals surface area contributed by atoms with E-state index in [0.717, 1.165) is 30.2 Å². The summed E-state index contributed by atoms with van der Waals surface area (Å²) >= 11 is 0. The van der Waals surface area contributed by atoms with Gasteiger partial charge in [-0.05, 0) is 51.3 Å². The number of aliphatic hydroxyl groups is 1. The molecule has 4 heterocycles. The number of carbonyl (C=O) groups excluding carboxylic acids is 1. The van der Waals surface area contributed by atoms with E-state index < -0.39 is 5.60 Å². The van der Waals surface area contributed by atoms with Crippen molar-refractivity contribution in [3.8, 4) is 0 Å². The average Bonchev–Trinajstić information content (AvgIpc) is 3.28. The minimum atomic E-state index is -0.798. The Morgan fingerprint density at radius 3 is 2.71 bits per heavy atom. The molecular weight excluding hydrogens is 426 g/mol. The minimum absolute atomic E-state index is 0.00693. The van der Waals surface area contributed by atoms with Gasteiger partial charge in [0.15, 0.2) is 0 Å². The Bertz CT molecular complexity index is 1120. The van der Waals surface area contributed by atoms with E-state index in [1.807, 2.05) is 11.0 Å². The Hall–Kier alpha value is -2.64. The number of hydrogen-bond donors (Lipinski definition) is 2. The van der Waals surface area contributed by atoms with Crippen molar-refractivity contribution in [1.82, 2.24) is 19.7 Å². The van der Waals surface area contributed by atoms with Crippen LogP contribution in [0.25, 0.3) is 6.20 Å². The third-order valence-electron chi connectivity index (χ3n) is 7.73. The first-order chi connectivity index (χ1) is 16.4. The van der Waals surface area contributed by atoms with E-state index in [-0.39, 0.29) is 17.7 Å². The van der Waals surface area contributed by atoms with Gasteiger partial charge >= 0.3 is 0 Å². The maximum Gasteiger partial charge on any atom is 0.226 e. The third kappa shape index (κ3) is 4.64. The molecule has 2 aromatic rings. The standard InChI is InChI=1S/C27H37N5O2/c1-20(2)32-13-9-22-17-30(19-29-25(22)32)18-27(34)10-14-31(15-11-27)26(33)23-8-12-28-16-24(23)21-6-4-3-5-7-21/h3-7,9,13,17,20,23-24,28,34H,8,10-12,14-16,18-19H2,1-2H3/t23-,24+/m1/s1. The fourth-order valence-corrected chi connectivity index (χ4v) is 5.75. The Morgan fingerprint density at radius 1 is 1.21 bits per heavy atom. The molecule has 1 aromatic carbocycles. The van der Waals surface area contributed by atoms with Gasteiger partial charge in [-0.3, -0.25) is 4.79 Å². The fraction of sp³-hybridized carbons (Fsp3) is 0.556. The van der Waals surface area contributed by atoms with Crippen molar-refractivity contribution in [2.45, 2.75) is 50.7 Å². The zero-order chi connectivity index (χ0) is 23.7. The molecule has 2 N–H and O–H groups in total. The molecule has 0 unspecified atom stereocenters. The number of piperidine rings is 2. The van der Waals surface area contributed by atoms with Gasteiger partial charge in [-0.15, -0.1) is 0 Å². The summed E-state index contributed by atoms with van der Waals surface area (Å²) in [6.45, 7) is 8.37. The number of nitrogens with zero attached hydrogens (tertiary/aromatic N) is 4. The number of benzene rings is 1. The van der Waals surface area contributed by atoms with Crippen LogP contribution in [-0.4, -0.2) is 70.4 Å². The molecule has 34 heavy (non-hydrogen) atoms. The van der Waals surface area contributed by atoms with Crippen molar-refractivity contribution in [2.75, 3.05) is 39.4 Å². The second-order valence-electron chi connectivity index (χ2n) is 10.4. The molecular formula is C27H37N5O2. The highest BCUT2D eigenvalue weighted by atomic mass is 16.3. The van der Waals surface area contributed by atoms with Gasteiger partial charge in [0.2, 0.25) is 5.91 Å². The Balaban J connectivity index is 1.21. The molecule has 1 aromatic heterocycles. The summed E-state index contributed by atoms with van der Waals surface area (Å²) in [4.78, 5) is 22.4. The molecule has 7 heteroatoms. The molecule has 0 radical (unpaired) electrons. The van der Waals surface area contributed by atoms with Crippen LogP contribution in [0.1, 0.15) is 50.6 Å². The van der Waals surface area contributed by atoms with Crippen molar-refractivity contribution in [3.05, 3.63) is 58.9 Å². The predicted molar refractivity (Wildman–Crippen MR) is 133 cm³/mol. The van der Waals surface area contributed by atoms with Gasteiger partial charge in [0, 0.05) is 61.7 Å². The van der Waals surface area contributed by atoms with Crippen LogP contribution in [0.2, 0.25) is 0 Å². The predicted octanol–water partition coefficient (Wildman–Crippen LogP) is 1.45. The van der Waals surface area contributed by atoms with Crippen molar-refractivity contribution >= 4 is 12.1 Å². The number of β-amino-alcohol motifs (C(OH)–C–C–N with tert-alkyl or cyclic N) is 1. The lowest BCUT2D eigenvalue weighted by Gasteiger charge is -2.43. The summed E-state index contributed by atoms with van der Waals surface area (Å²) in [6.07, 6.45) is 6.27. The van der Waals surface area contributed by atoms with E-state index in [1.54, 1.807) is 0 Å². The molecule has 7 nitrogen and oxygen atoms in total. The van der Waals surface area contributed by atoms with Gasteiger partial charge in [0.1, 0.15) is 12.2 Å². The van der Waals surface area contributed by atoms with Crippen LogP contribution in [0.4, 0.5) is 0 Å². The molecule has 2 atom stereocenters. The van der Waals surface area contributed by atoms with Gasteiger partial charge in [0.25, 0.3) is 0 Å². The molecule has 3 aliphatic rings. The Morgan fingerprint density at radius 2 is 1.97 bits per heavy atom. The summed E-state index contributed by atoms with van der Waals surface area (Å²) in [6, 6.07) is 12.9. The van der Waals surface area contributed by atoms with E-state index >= 15 is 0 Å². The molecule has 2 saturated heterocycles. The van der Waals surface area contributed by atoms with Crippen molar-refractivity contribution in [1.29, 1.82) is 0 Å². The minimum Gasteiger partial charge on any atom is -0.388 e. The first kappa shape index (κ1) is 23.1. The maximum atomic E-state index is 13.5. The van der Waals surface area contributed by atoms with Crippen LogP contribution in [0.15, 0.2) is 47.6 Å². The van der Waals surface area contributed by atoms with Crippen LogP contribution in [-0.2, 0) is 4.79 Å². The summed E-state index contributed by atoms with van der Waals surface area (Å²) < 4.78 is 2.19. The summed E-state index contributed by atoms with van der Waals surface area (Å²) in [5.41, 5.74) is 1.46. The summed E-state index contributed by atoms with van der Waals surface area (Å²) in [5, 5.41) is 15.9. The van der Waals surface area contributed by atoms with Crippen molar-refractivity contribution < 1.29 is 9.90 Å². The average molecular weight is 464 g/mol. The largest absolute Gasteiger partial charge is 0.388 e. The highest BCUT2D eigenvalue weighted by Crippen LogP contribution is 2.33. The lowest BCUT2D eigenvalue weighted by Crippen LogP contribution is -2.54. The normalized spacial score (nSPS) is 24.4. The molecule has 2 fully saturated rings. The van der Waals surface area contributed by atoms with Crippen molar-refractivity contribution in [2.24, 2.45) is 10.9 Å². The number of likely N-dealkylation sites (tertiary alicyclic amines) is 1. The van der Waals surface area contributed by atoms with Crippen LogP contribution in [0.5, 0.6) is 0 Å². The number of rotatable bonds is 5. The second-order valence-corrected chi connectivity index (χ2v) is 10.4. The number of fused-ring (bicyclic) bond motifs is 1. The Labute approximate surface area is 201 Å². The van der Waals surface area contributed by atoms with Gasteiger partial charge in [0.05, 0.1) is 5.60 Å². The molecule has 0 saturated carbocycles. The van der Waals surface area contributed by atoms with Crippen LogP contribution in [0.3, 0.4) is 0 Å². The van der Waals surface area contributed by atoms with E-state index in [1.165, 1.54) is 5.56 Å². The van der Waals surface area contributed by atoms with Gasteiger partial charge in [-0.1, -0.05) is 30.3 Å². The smallest absolute Gasteiger partial charge is 0.226 e. The van der Waals surface area contributed by atoms with Crippen LogP contribution >= 0.6 is 0 Å². The third-order valence-corrected chi connectivity index (χ3v) is 7.73. The Kier molecular flexibility index (Phi) is 6.49. The van der Waals surface area contributed by atoms with Crippen molar-refractivity contribution in [3.63, 3.8) is 0 Å². The topological polar surface area (TPSA) is 73.1 Å². The van der Waals surface area contributed by atoms with E-state index in [2.05, 4.69) is 71.4 Å². The zero-order valence-electron chi connectivity index (χ0n) is 20.4. The summed E-state index contributed by atoms with van der Waals surface area (Å²) in [5.74, 6) is 0.462. The lowest BCUT2D eigenvalue weighted by molar-refractivity contribution is -0.141. The molecule has 1 amide bonds. The molecule has 0 bridgehead atoms. The first-order valence-electron chi connectivity index (χ1n) is 12.7. The number of amides is 1. The van der Waals surface area contributed by atoms with E-state index in [0.29, 0.717) is 45.2 Å². The van der Waals surface area contributed by atoms with E-state index in [4.69, 9.17) is 4.99 Å². The molecule has 0 spiro atoms. The quantitative estimate of drug-likeness (QED) is 0.704. The molecule has 3 aliphatic heterocycles. The fourth-order valence-electron chi connectivity index (χ4n) is 5.75. The van der Waals surface area contributed by atoms with Crippen LogP contribution < -0.4 is 16.0 Å². The highest BCUT2D eigenvalue weighted by molar-refractivity contribution is 5.80. The number of carbonyl (C=O) groups is 1. The van der Waals surface area contributed by atoms with Crippen LogP contribution in [0, 0.1) is 5.92 Å². The number of nitrogens with one attached hydrogen (secondary N) is 1. The number of hydrogen-bond acceptors (Lipinski definition) is 5. The van der Waals surface area contributed by atoms with E-state index in [9.17, 15) is 9.90 Å². The molecule has 0 aliphatic carbocycles. The monoisotopic (exact) mass is 463 g/mol. The second kappa shape index (κ2) is 9.55. The molecule has 5 rings (SSSR count). The van der Waals surface area contributed by atoms with Gasteiger partial charge in [-0.2, -0.15) is 0 Å². The van der Waals surface area contributed by atoms with Gasteiger partial charge in [-0.25, -0.2) is 4.99 Å². The number of aromatic nitrogens is 1.